The molecule has 2 amide bonds. The summed E-state index contributed by atoms with van der Waals surface area (Å²) in [5.41, 5.74) is 3.50. The van der Waals surface area contributed by atoms with Crippen LogP contribution in [0.2, 0.25) is 0 Å². The van der Waals surface area contributed by atoms with Gasteiger partial charge in [0, 0.05) is 18.2 Å². The lowest BCUT2D eigenvalue weighted by Gasteiger charge is -2.10. The number of ether oxygens (including phenoxy) is 1. The van der Waals surface area contributed by atoms with Crippen molar-refractivity contribution in [2.45, 2.75) is 25.5 Å². The monoisotopic (exact) mass is 383 g/mol. The van der Waals surface area contributed by atoms with Crippen LogP contribution in [0.5, 0.6) is 5.75 Å². The van der Waals surface area contributed by atoms with Gasteiger partial charge in [-0.05, 0) is 43.2 Å². The fourth-order valence-corrected chi connectivity index (χ4v) is 3.62. The van der Waals surface area contributed by atoms with Crippen LogP contribution >= 0.6 is 11.8 Å². The SMILES string of the molecule is COc1cccc(N=C2NC(=O)[C@H](CC(=O)Nc3cc(C)ccc3C)S2)c1. The summed E-state index contributed by atoms with van der Waals surface area (Å²) < 4.78 is 5.17. The van der Waals surface area contributed by atoms with Crippen molar-refractivity contribution in [1.82, 2.24) is 5.32 Å². The Kier molecular flexibility index (Phi) is 5.81. The van der Waals surface area contributed by atoms with Gasteiger partial charge in [0.15, 0.2) is 5.17 Å². The molecule has 1 heterocycles. The highest BCUT2D eigenvalue weighted by atomic mass is 32.2. The summed E-state index contributed by atoms with van der Waals surface area (Å²) in [5, 5.41) is 5.61. The Balaban J connectivity index is 1.64. The molecule has 0 bridgehead atoms. The van der Waals surface area contributed by atoms with Crippen molar-refractivity contribution < 1.29 is 14.3 Å². The maximum atomic E-state index is 12.4. The Labute approximate surface area is 162 Å². The van der Waals surface area contributed by atoms with Crippen LogP contribution in [-0.4, -0.2) is 29.3 Å². The minimum Gasteiger partial charge on any atom is -0.497 e. The molecule has 3 rings (SSSR count). The number of amidine groups is 1. The predicted molar refractivity (Wildman–Crippen MR) is 109 cm³/mol. The third-order valence-corrected chi connectivity index (χ3v) is 5.18. The Morgan fingerprint density at radius 1 is 1.26 bits per heavy atom. The number of amides is 2. The molecule has 0 aromatic heterocycles. The molecule has 0 radical (unpaired) electrons. The van der Waals surface area contributed by atoms with E-state index in [1.807, 2.05) is 50.2 Å². The van der Waals surface area contributed by atoms with Crippen LogP contribution in [0.25, 0.3) is 0 Å². The third-order valence-electron chi connectivity index (χ3n) is 4.10. The lowest BCUT2D eigenvalue weighted by atomic mass is 10.1. The second kappa shape index (κ2) is 8.26. The zero-order chi connectivity index (χ0) is 19.4. The normalized spacial score (nSPS) is 17.7. The zero-order valence-corrected chi connectivity index (χ0v) is 16.2. The molecule has 1 atom stereocenters. The smallest absolute Gasteiger partial charge is 0.240 e. The molecular formula is C20H21N3O3S. The van der Waals surface area contributed by atoms with Crippen molar-refractivity contribution in [1.29, 1.82) is 0 Å². The number of methoxy groups -OCH3 is 1. The van der Waals surface area contributed by atoms with Crippen LogP contribution in [0, 0.1) is 13.8 Å². The van der Waals surface area contributed by atoms with E-state index < -0.39 is 5.25 Å². The van der Waals surface area contributed by atoms with Crippen LogP contribution in [0.15, 0.2) is 47.5 Å². The average molecular weight is 383 g/mol. The molecule has 1 saturated heterocycles. The number of hydrogen-bond donors (Lipinski definition) is 2. The predicted octanol–water partition coefficient (Wildman–Crippen LogP) is 3.56. The molecule has 27 heavy (non-hydrogen) atoms. The molecule has 0 saturated carbocycles. The number of carbonyl (C=O) groups excluding carboxylic acids is 2. The zero-order valence-electron chi connectivity index (χ0n) is 15.4. The summed E-state index contributed by atoms with van der Waals surface area (Å²) in [6, 6.07) is 13.1. The molecule has 1 aliphatic heterocycles. The van der Waals surface area contributed by atoms with E-state index in [0.29, 0.717) is 16.6 Å². The van der Waals surface area contributed by atoms with Gasteiger partial charge < -0.3 is 15.4 Å². The van der Waals surface area contributed by atoms with Gasteiger partial charge in [0.1, 0.15) is 11.0 Å². The van der Waals surface area contributed by atoms with Crippen molar-refractivity contribution in [2.75, 3.05) is 12.4 Å². The molecule has 2 aromatic carbocycles. The molecule has 0 spiro atoms. The summed E-state index contributed by atoms with van der Waals surface area (Å²) in [7, 11) is 1.59. The van der Waals surface area contributed by atoms with E-state index in [1.54, 1.807) is 13.2 Å². The van der Waals surface area contributed by atoms with E-state index in [-0.39, 0.29) is 18.2 Å². The van der Waals surface area contributed by atoms with Gasteiger partial charge in [-0.15, -0.1) is 0 Å². The average Bonchev–Trinajstić information content (AvgIpc) is 2.97. The van der Waals surface area contributed by atoms with Crippen LogP contribution in [0.3, 0.4) is 0 Å². The quantitative estimate of drug-likeness (QED) is 0.827. The number of nitrogens with zero attached hydrogens (tertiary/aromatic N) is 1. The minimum atomic E-state index is -0.500. The number of hydrogen-bond acceptors (Lipinski definition) is 5. The maximum Gasteiger partial charge on any atom is 0.240 e. The van der Waals surface area contributed by atoms with Gasteiger partial charge in [-0.1, -0.05) is 30.0 Å². The highest BCUT2D eigenvalue weighted by Crippen LogP contribution is 2.27. The maximum absolute atomic E-state index is 12.4. The molecule has 2 aromatic rings. The van der Waals surface area contributed by atoms with Gasteiger partial charge in [0.05, 0.1) is 12.8 Å². The first-order valence-corrected chi connectivity index (χ1v) is 9.40. The first-order valence-electron chi connectivity index (χ1n) is 8.52. The first kappa shape index (κ1) is 19.0. The molecule has 140 valence electrons. The van der Waals surface area contributed by atoms with Gasteiger partial charge in [-0.25, -0.2) is 4.99 Å². The largest absolute Gasteiger partial charge is 0.497 e. The molecular weight excluding hydrogens is 362 g/mol. The molecule has 6 nitrogen and oxygen atoms in total. The van der Waals surface area contributed by atoms with E-state index in [1.165, 1.54) is 11.8 Å². The number of rotatable bonds is 5. The van der Waals surface area contributed by atoms with Crippen molar-refractivity contribution in [3.05, 3.63) is 53.6 Å². The molecule has 2 N–H and O–H groups in total. The van der Waals surface area contributed by atoms with Gasteiger partial charge in [-0.3, -0.25) is 9.59 Å². The van der Waals surface area contributed by atoms with Crippen molar-refractivity contribution in [3.63, 3.8) is 0 Å². The highest BCUT2D eigenvalue weighted by molar-refractivity contribution is 8.15. The lowest BCUT2D eigenvalue weighted by Crippen LogP contribution is -2.28. The van der Waals surface area contributed by atoms with E-state index in [9.17, 15) is 9.59 Å². The van der Waals surface area contributed by atoms with Gasteiger partial charge in [0.25, 0.3) is 0 Å². The summed E-state index contributed by atoms with van der Waals surface area (Å²) in [4.78, 5) is 29.0. The molecule has 1 fully saturated rings. The summed E-state index contributed by atoms with van der Waals surface area (Å²) >= 11 is 1.26. The van der Waals surface area contributed by atoms with Crippen molar-refractivity contribution >= 4 is 40.1 Å². The van der Waals surface area contributed by atoms with Gasteiger partial charge >= 0.3 is 0 Å². The van der Waals surface area contributed by atoms with Crippen LogP contribution < -0.4 is 15.4 Å². The third kappa shape index (κ3) is 4.89. The fourth-order valence-electron chi connectivity index (χ4n) is 2.63. The van der Waals surface area contributed by atoms with Crippen molar-refractivity contribution in [2.24, 2.45) is 4.99 Å². The van der Waals surface area contributed by atoms with Crippen LogP contribution in [0.4, 0.5) is 11.4 Å². The Bertz CT molecular complexity index is 911. The van der Waals surface area contributed by atoms with Gasteiger partial charge in [-0.2, -0.15) is 0 Å². The minimum absolute atomic E-state index is 0.0843. The lowest BCUT2D eigenvalue weighted by molar-refractivity contribution is -0.122. The number of benzene rings is 2. The molecule has 0 aliphatic carbocycles. The number of aryl methyl sites for hydroxylation is 2. The van der Waals surface area contributed by atoms with Crippen LogP contribution in [-0.2, 0) is 9.59 Å². The number of aliphatic imine (C=N–C) groups is 1. The van der Waals surface area contributed by atoms with E-state index in [0.717, 1.165) is 16.8 Å². The number of carbonyl (C=O) groups is 2. The molecule has 7 heteroatoms. The topological polar surface area (TPSA) is 79.8 Å². The highest BCUT2D eigenvalue weighted by Gasteiger charge is 2.32. The number of thioether (sulfide) groups is 1. The van der Waals surface area contributed by atoms with Gasteiger partial charge in [0.2, 0.25) is 11.8 Å². The standard InChI is InChI=1S/C20H21N3O3S/c1-12-7-8-13(2)16(9-12)22-18(24)11-17-19(25)23-20(27-17)21-14-5-4-6-15(10-14)26-3/h4-10,17H,11H2,1-3H3,(H,22,24)(H,21,23,25)/t17-/m0/s1. The Hall–Kier alpha value is -2.80. The Morgan fingerprint density at radius 3 is 2.85 bits per heavy atom. The number of anilines is 1. The Morgan fingerprint density at radius 2 is 2.07 bits per heavy atom. The molecule has 0 unspecified atom stereocenters. The van der Waals surface area contributed by atoms with Crippen LogP contribution in [0.1, 0.15) is 17.5 Å². The second-order valence-corrected chi connectivity index (χ2v) is 7.48. The number of nitrogens with one attached hydrogen (secondary N) is 2. The summed E-state index contributed by atoms with van der Waals surface area (Å²) in [6.07, 6.45) is 0.0843. The van der Waals surface area contributed by atoms with E-state index >= 15 is 0 Å². The van der Waals surface area contributed by atoms with E-state index in [2.05, 4.69) is 15.6 Å². The van der Waals surface area contributed by atoms with Crippen molar-refractivity contribution in [3.8, 4) is 5.75 Å². The molecule has 1 aliphatic rings. The van der Waals surface area contributed by atoms with E-state index in [4.69, 9.17) is 4.74 Å². The fraction of sp³-hybridized carbons (Fsp3) is 0.250. The first-order chi connectivity index (χ1) is 12.9. The summed E-state index contributed by atoms with van der Waals surface area (Å²) in [6.45, 7) is 3.90. The second-order valence-electron chi connectivity index (χ2n) is 6.28. The summed E-state index contributed by atoms with van der Waals surface area (Å²) in [5.74, 6) is 0.285.